The van der Waals surface area contributed by atoms with Crippen molar-refractivity contribution in [3.05, 3.63) is 35.9 Å². The van der Waals surface area contributed by atoms with Crippen LogP contribution in [0.4, 0.5) is 0 Å². The van der Waals surface area contributed by atoms with Crippen molar-refractivity contribution < 1.29 is 9.59 Å². The summed E-state index contributed by atoms with van der Waals surface area (Å²) in [7, 11) is 0. The zero-order valence-corrected chi connectivity index (χ0v) is 13.4. The minimum absolute atomic E-state index is 0. The van der Waals surface area contributed by atoms with Crippen LogP contribution in [0.5, 0.6) is 0 Å². The Balaban J connectivity index is 0.00000242. The number of carbonyl (C=O) groups excluding carboxylic acids is 2. The summed E-state index contributed by atoms with van der Waals surface area (Å²) in [5.41, 5.74) is 12.3. The fourth-order valence-electron chi connectivity index (χ4n) is 2.91. The number of hydrogen-bond donors (Lipinski definition) is 2. The van der Waals surface area contributed by atoms with Gasteiger partial charge in [-0.25, -0.2) is 0 Å². The van der Waals surface area contributed by atoms with Crippen molar-refractivity contribution in [3.8, 4) is 0 Å². The van der Waals surface area contributed by atoms with Crippen LogP contribution in [-0.4, -0.2) is 35.8 Å². The molecular weight excluding hydrogens is 302 g/mol. The largest absolute Gasteiger partial charge is 0.370 e. The lowest BCUT2D eigenvalue weighted by Gasteiger charge is -2.34. The first-order valence-electron chi connectivity index (χ1n) is 7.43. The van der Waals surface area contributed by atoms with Gasteiger partial charge in [-0.3, -0.25) is 9.59 Å². The number of likely N-dealkylation sites (tertiary alicyclic amines) is 1. The van der Waals surface area contributed by atoms with E-state index in [-0.39, 0.29) is 30.1 Å². The van der Waals surface area contributed by atoms with Gasteiger partial charge < -0.3 is 16.4 Å². The van der Waals surface area contributed by atoms with Gasteiger partial charge in [0.15, 0.2) is 0 Å². The first kappa shape index (κ1) is 18.5. The van der Waals surface area contributed by atoms with Gasteiger partial charge in [-0.2, -0.15) is 0 Å². The van der Waals surface area contributed by atoms with Crippen LogP contribution >= 0.6 is 12.4 Å². The molecule has 4 N–H and O–H groups in total. The predicted octanol–water partition coefficient (Wildman–Crippen LogP) is 1.09. The molecule has 1 saturated heterocycles. The Morgan fingerprint density at radius 3 is 2.59 bits per heavy atom. The molecule has 1 aliphatic rings. The molecule has 1 fully saturated rings. The second kappa shape index (κ2) is 8.76. The summed E-state index contributed by atoms with van der Waals surface area (Å²) in [5, 5.41) is 0. The highest BCUT2D eigenvalue weighted by atomic mass is 35.5. The van der Waals surface area contributed by atoms with Crippen molar-refractivity contribution >= 4 is 24.2 Å². The van der Waals surface area contributed by atoms with Gasteiger partial charge in [-0.1, -0.05) is 30.3 Å². The van der Waals surface area contributed by atoms with E-state index < -0.39 is 6.04 Å². The molecule has 1 aliphatic heterocycles. The zero-order chi connectivity index (χ0) is 15.2. The number of carbonyl (C=O) groups is 2. The number of piperidine rings is 1. The molecule has 1 unspecified atom stereocenters. The number of amides is 2. The lowest BCUT2D eigenvalue weighted by Crippen LogP contribution is -2.49. The number of primary amides is 1. The summed E-state index contributed by atoms with van der Waals surface area (Å²) in [4.78, 5) is 25.2. The van der Waals surface area contributed by atoms with E-state index in [0.29, 0.717) is 19.4 Å². The molecule has 0 aliphatic carbocycles. The molecule has 1 aromatic rings. The lowest BCUT2D eigenvalue weighted by atomic mass is 9.93. The van der Waals surface area contributed by atoms with E-state index in [4.69, 9.17) is 11.5 Å². The molecule has 0 bridgehead atoms. The molecule has 6 heteroatoms. The Morgan fingerprint density at radius 2 is 1.95 bits per heavy atom. The summed E-state index contributed by atoms with van der Waals surface area (Å²) in [6, 6.07) is 9.24. The smallest absolute Gasteiger partial charge is 0.239 e. The van der Waals surface area contributed by atoms with Gasteiger partial charge in [0.2, 0.25) is 11.8 Å². The fraction of sp³-hybridized carbons (Fsp3) is 0.500. The van der Waals surface area contributed by atoms with Crippen molar-refractivity contribution in [2.24, 2.45) is 17.4 Å². The van der Waals surface area contributed by atoms with Crippen molar-refractivity contribution in [3.63, 3.8) is 0 Å². The predicted molar refractivity (Wildman–Crippen MR) is 88.5 cm³/mol. The summed E-state index contributed by atoms with van der Waals surface area (Å²) in [5.74, 6) is -0.167. The third kappa shape index (κ3) is 5.31. The summed E-state index contributed by atoms with van der Waals surface area (Å²) < 4.78 is 0. The molecule has 2 rings (SSSR count). The van der Waals surface area contributed by atoms with Crippen LogP contribution in [0.15, 0.2) is 30.3 Å². The highest BCUT2D eigenvalue weighted by Gasteiger charge is 2.27. The standard InChI is InChI=1S/C16H23N3O2.ClH/c17-14(9-12-5-2-1-3-6-12)16(21)19-8-4-7-13(11-19)10-15(18)20;/h1-3,5-6,13-14H,4,7-11,17H2,(H2,18,20);1H/t13?,14-;/m0./s1. The monoisotopic (exact) mass is 325 g/mol. The Morgan fingerprint density at radius 1 is 1.27 bits per heavy atom. The van der Waals surface area contributed by atoms with E-state index >= 15 is 0 Å². The zero-order valence-electron chi connectivity index (χ0n) is 12.6. The molecule has 0 spiro atoms. The molecular formula is C16H24ClN3O2. The Bertz CT molecular complexity index is 495. The van der Waals surface area contributed by atoms with E-state index in [0.717, 1.165) is 24.9 Å². The molecule has 2 amide bonds. The topological polar surface area (TPSA) is 89.4 Å². The minimum Gasteiger partial charge on any atom is -0.370 e. The Hall–Kier alpha value is -1.59. The summed E-state index contributed by atoms with van der Waals surface area (Å²) in [6.07, 6.45) is 2.73. The number of nitrogens with zero attached hydrogens (tertiary/aromatic N) is 1. The van der Waals surface area contributed by atoms with Crippen LogP contribution in [0.25, 0.3) is 0 Å². The molecule has 2 atom stereocenters. The number of benzene rings is 1. The highest BCUT2D eigenvalue weighted by molar-refractivity contribution is 5.85. The molecule has 1 aromatic carbocycles. The molecule has 1 heterocycles. The quantitative estimate of drug-likeness (QED) is 0.849. The van der Waals surface area contributed by atoms with Crippen LogP contribution < -0.4 is 11.5 Å². The third-order valence-corrected chi connectivity index (χ3v) is 3.94. The van der Waals surface area contributed by atoms with E-state index in [1.165, 1.54) is 0 Å². The Labute approximate surface area is 137 Å². The SMILES string of the molecule is Cl.NC(=O)CC1CCCN(C(=O)[C@@H](N)Cc2ccccc2)C1. The van der Waals surface area contributed by atoms with Crippen LogP contribution in [0.1, 0.15) is 24.8 Å². The number of halogens is 1. The van der Waals surface area contributed by atoms with Gasteiger partial charge >= 0.3 is 0 Å². The van der Waals surface area contributed by atoms with Gasteiger partial charge in [0, 0.05) is 19.5 Å². The van der Waals surface area contributed by atoms with Crippen LogP contribution in [0.3, 0.4) is 0 Å². The first-order chi connectivity index (χ1) is 10.1. The van der Waals surface area contributed by atoms with Gasteiger partial charge in [0.25, 0.3) is 0 Å². The highest BCUT2D eigenvalue weighted by Crippen LogP contribution is 2.20. The maximum Gasteiger partial charge on any atom is 0.239 e. The van der Waals surface area contributed by atoms with Crippen molar-refractivity contribution in [2.45, 2.75) is 31.7 Å². The number of nitrogens with two attached hydrogens (primary N) is 2. The maximum atomic E-state index is 12.4. The molecule has 5 nitrogen and oxygen atoms in total. The van der Waals surface area contributed by atoms with Gasteiger partial charge in [0.1, 0.15) is 0 Å². The van der Waals surface area contributed by atoms with Crippen LogP contribution in [0, 0.1) is 5.92 Å². The van der Waals surface area contributed by atoms with Gasteiger partial charge in [0.05, 0.1) is 6.04 Å². The van der Waals surface area contributed by atoms with Crippen LogP contribution in [-0.2, 0) is 16.0 Å². The van der Waals surface area contributed by atoms with E-state index in [1.807, 2.05) is 30.3 Å². The normalized spacial score (nSPS) is 19.1. The molecule has 0 aromatic heterocycles. The number of hydrogen-bond acceptors (Lipinski definition) is 3. The second-order valence-electron chi connectivity index (χ2n) is 5.76. The average molecular weight is 326 g/mol. The molecule has 122 valence electrons. The third-order valence-electron chi connectivity index (χ3n) is 3.94. The summed E-state index contributed by atoms with van der Waals surface area (Å²) >= 11 is 0. The average Bonchev–Trinajstić information content (AvgIpc) is 2.47. The molecule has 0 radical (unpaired) electrons. The van der Waals surface area contributed by atoms with E-state index in [1.54, 1.807) is 4.90 Å². The Kier molecular flexibility index (Phi) is 7.35. The van der Waals surface area contributed by atoms with E-state index in [2.05, 4.69) is 0 Å². The fourth-order valence-corrected chi connectivity index (χ4v) is 2.91. The molecule has 22 heavy (non-hydrogen) atoms. The maximum absolute atomic E-state index is 12.4. The molecule has 0 saturated carbocycles. The van der Waals surface area contributed by atoms with Crippen LogP contribution in [0.2, 0.25) is 0 Å². The first-order valence-corrected chi connectivity index (χ1v) is 7.43. The van der Waals surface area contributed by atoms with E-state index in [9.17, 15) is 9.59 Å². The number of rotatable bonds is 5. The van der Waals surface area contributed by atoms with Crippen molar-refractivity contribution in [1.29, 1.82) is 0 Å². The van der Waals surface area contributed by atoms with Gasteiger partial charge in [-0.15, -0.1) is 12.4 Å². The summed E-state index contributed by atoms with van der Waals surface area (Å²) in [6.45, 7) is 1.31. The van der Waals surface area contributed by atoms with Crippen molar-refractivity contribution in [1.82, 2.24) is 4.90 Å². The second-order valence-corrected chi connectivity index (χ2v) is 5.76. The lowest BCUT2D eigenvalue weighted by molar-refractivity contribution is -0.135. The van der Waals surface area contributed by atoms with Crippen molar-refractivity contribution in [2.75, 3.05) is 13.1 Å². The van der Waals surface area contributed by atoms with Gasteiger partial charge in [-0.05, 0) is 30.7 Å². The minimum atomic E-state index is -0.528.